The van der Waals surface area contributed by atoms with E-state index in [0.29, 0.717) is 5.69 Å². The maximum Gasteiger partial charge on any atom is 0.311 e. The third-order valence-corrected chi connectivity index (χ3v) is 3.81. The summed E-state index contributed by atoms with van der Waals surface area (Å²) >= 11 is 3.31. The number of hydrogen-bond acceptors (Lipinski definition) is 3. The molecular formula is C12H15BrN2O4. The number of nitrogens with zero attached hydrogens (tertiary/aromatic N) is 2. The normalized spacial score (nSPS) is 22.5. The molecule has 6 nitrogen and oxygen atoms in total. The zero-order chi connectivity index (χ0) is 14.2. The Morgan fingerprint density at radius 1 is 1.53 bits per heavy atom. The molecule has 1 aliphatic rings. The van der Waals surface area contributed by atoms with Gasteiger partial charge in [-0.2, -0.15) is 0 Å². The van der Waals surface area contributed by atoms with Gasteiger partial charge in [0.15, 0.2) is 0 Å². The van der Waals surface area contributed by atoms with Gasteiger partial charge in [-0.15, -0.1) is 0 Å². The van der Waals surface area contributed by atoms with Crippen LogP contribution in [0.4, 0.5) is 0 Å². The van der Waals surface area contributed by atoms with Gasteiger partial charge in [0.25, 0.3) is 5.91 Å². The number of aryl methyl sites for hydroxylation is 1. The first-order valence-corrected chi connectivity index (χ1v) is 6.60. The fourth-order valence-electron chi connectivity index (χ4n) is 2.23. The third kappa shape index (κ3) is 2.66. The van der Waals surface area contributed by atoms with E-state index >= 15 is 0 Å². The van der Waals surface area contributed by atoms with Crippen LogP contribution in [-0.2, 0) is 16.6 Å². The Morgan fingerprint density at radius 2 is 2.21 bits per heavy atom. The van der Waals surface area contributed by atoms with Crippen LogP contribution in [0.2, 0.25) is 0 Å². The first-order chi connectivity index (χ1) is 8.91. The van der Waals surface area contributed by atoms with Crippen LogP contribution in [0.1, 0.15) is 10.5 Å². The van der Waals surface area contributed by atoms with Gasteiger partial charge in [-0.3, -0.25) is 9.59 Å². The number of aromatic nitrogens is 1. The molecule has 1 N–H and O–H groups in total. The van der Waals surface area contributed by atoms with Gasteiger partial charge in [0.1, 0.15) is 11.6 Å². The van der Waals surface area contributed by atoms with Crippen LogP contribution in [0.15, 0.2) is 16.7 Å². The highest BCUT2D eigenvalue weighted by molar-refractivity contribution is 9.10. The molecule has 2 heterocycles. The summed E-state index contributed by atoms with van der Waals surface area (Å²) in [5.74, 6) is -1.82. The summed E-state index contributed by atoms with van der Waals surface area (Å²) < 4.78 is 7.70. The molecule has 1 fully saturated rings. The Morgan fingerprint density at radius 3 is 2.74 bits per heavy atom. The van der Waals surface area contributed by atoms with Crippen LogP contribution in [0.3, 0.4) is 0 Å². The van der Waals surface area contributed by atoms with Gasteiger partial charge in [0, 0.05) is 24.8 Å². The van der Waals surface area contributed by atoms with Crippen LogP contribution in [0.25, 0.3) is 0 Å². The minimum absolute atomic E-state index is 0.147. The number of likely N-dealkylation sites (N-methyl/N-ethyl adjacent to an activating group) is 1. The number of ether oxygens (including phenoxy) is 1. The molecule has 0 aromatic carbocycles. The predicted octanol–water partition coefficient (Wildman–Crippen LogP) is 0.959. The molecular weight excluding hydrogens is 316 g/mol. The van der Waals surface area contributed by atoms with Gasteiger partial charge in [-0.25, -0.2) is 0 Å². The van der Waals surface area contributed by atoms with Crippen LogP contribution < -0.4 is 0 Å². The molecule has 1 aromatic rings. The van der Waals surface area contributed by atoms with Crippen LogP contribution >= 0.6 is 15.9 Å². The predicted molar refractivity (Wildman–Crippen MR) is 70.9 cm³/mol. The van der Waals surface area contributed by atoms with Crippen molar-refractivity contribution in [2.75, 3.05) is 20.3 Å². The first kappa shape index (κ1) is 14.1. The zero-order valence-electron chi connectivity index (χ0n) is 10.7. The van der Waals surface area contributed by atoms with E-state index in [-0.39, 0.29) is 19.1 Å². The highest BCUT2D eigenvalue weighted by atomic mass is 79.9. The van der Waals surface area contributed by atoms with Gasteiger partial charge in [-0.1, -0.05) is 0 Å². The fraction of sp³-hybridized carbons (Fsp3) is 0.500. The average Bonchev–Trinajstić information content (AvgIpc) is 2.93. The van der Waals surface area contributed by atoms with Crippen molar-refractivity contribution in [3.63, 3.8) is 0 Å². The van der Waals surface area contributed by atoms with Crippen LogP contribution in [-0.4, -0.2) is 52.8 Å². The molecule has 1 aromatic heterocycles. The Balaban J connectivity index is 2.19. The van der Waals surface area contributed by atoms with Crippen molar-refractivity contribution in [3.8, 4) is 0 Å². The van der Waals surface area contributed by atoms with E-state index in [9.17, 15) is 9.59 Å². The van der Waals surface area contributed by atoms with Crippen molar-refractivity contribution in [1.29, 1.82) is 0 Å². The second kappa shape index (κ2) is 5.34. The molecule has 19 heavy (non-hydrogen) atoms. The number of halogens is 1. The van der Waals surface area contributed by atoms with Gasteiger partial charge in [0.05, 0.1) is 19.3 Å². The lowest BCUT2D eigenvalue weighted by Crippen LogP contribution is -2.44. The SMILES string of the molecule is CN(C(=O)c1cc(Br)cn1C)C1COCC1C(=O)O. The summed E-state index contributed by atoms with van der Waals surface area (Å²) in [4.78, 5) is 24.9. The van der Waals surface area contributed by atoms with Crippen molar-refractivity contribution < 1.29 is 19.4 Å². The molecule has 0 spiro atoms. The standard InChI is InChI=1S/C12H15BrN2O4/c1-14-4-7(13)3-9(14)11(16)15(2)10-6-19-5-8(10)12(17)18/h3-4,8,10H,5-6H2,1-2H3,(H,17,18). The van der Waals surface area contributed by atoms with E-state index in [1.54, 1.807) is 30.9 Å². The molecule has 1 amide bonds. The molecule has 2 rings (SSSR count). The minimum Gasteiger partial charge on any atom is -0.481 e. The summed E-state index contributed by atoms with van der Waals surface area (Å²) in [5, 5.41) is 9.11. The smallest absolute Gasteiger partial charge is 0.311 e. The lowest BCUT2D eigenvalue weighted by Gasteiger charge is -2.26. The summed E-state index contributed by atoms with van der Waals surface area (Å²) in [6.07, 6.45) is 1.78. The van der Waals surface area contributed by atoms with Crippen molar-refractivity contribution in [1.82, 2.24) is 9.47 Å². The van der Waals surface area contributed by atoms with Gasteiger partial charge >= 0.3 is 5.97 Å². The first-order valence-electron chi connectivity index (χ1n) is 5.81. The van der Waals surface area contributed by atoms with Crippen LogP contribution in [0.5, 0.6) is 0 Å². The summed E-state index contributed by atoms with van der Waals surface area (Å²) in [5.41, 5.74) is 0.505. The molecule has 1 saturated heterocycles. The monoisotopic (exact) mass is 330 g/mol. The molecule has 0 saturated carbocycles. The second-order valence-electron chi connectivity index (χ2n) is 4.62. The second-order valence-corrected chi connectivity index (χ2v) is 5.54. The molecule has 0 bridgehead atoms. The number of amides is 1. The summed E-state index contributed by atoms with van der Waals surface area (Å²) in [6.45, 7) is 0.402. The van der Waals surface area contributed by atoms with Crippen molar-refractivity contribution in [3.05, 3.63) is 22.4 Å². The molecule has 1 aliphatic heterocycles. The number of carbonyl (C=O) groups excluding carboxylic acids is 1. The lowest BCUT2D eigenvalue weighted by atomic mass is 10.0. The topological polar surface area (TPSA) is 71.8 Å². The maximum atomic E-state index is 12.4. The van der Waals surface area contributed by atoms with Crippen LogP contribution in [0, 0.1) is 5.92 Å². The molecule has 2 atom stereocenters. The quantitative estimate of drug-likeness (QED) is 0.896. The van der Waals surface area contributed by atoms with Gasteiger partial charge < -0.3 is 19.3 Å². The Kier molecular flexibility index (Phi) is 3.96. The van der Waals surface area contributed by atoms with E-state index < -0.39 is 17.9 Å². The van der Waals surface area contributed by atoms with Crippen molar-refractivity contribution in [2.24, 2.45) is 13.0 Å². The molecule has 104 valence electrons. The third-order valence-electron chi connectivity index (χ3n) is 3.38. The van der Waals surface area contributed by atoms with E-state index in [1.165, 1.54) is 4.90 Å². The highest BCUT2D eigenvalue weighted by Gasteiger charge is 2.39. The highest BCUT2D eigenvalue weighted by Crippen LogP contribution is 2.22. The molecule has 7 heteroatoms. The Labute approximate surface area is 119 Å². The number of carbonyl (C=O) groups is 2. The van der Waals surface area contributed by atoms with E-state index in [2.05, 4.69) is 15.9 Å². The molecule has 2 unspecified atom stereocenters. The van der Waals surface area contributed by atoms with Crippen molar-refractivity contribution in [2.45, 2.75) is 6.04 Å². The number of carboxylic acids is 1. The number of aliphatic carboxylic acids is 1. The zero-order valence-corrected chi connectivity index (χ0v) is 12.3. The average molecular weight is 331 g/mol. The Hall–Kier alpha value is -1.34. The Bertz CT molecular complexity index is 514. The lowest BCUT2D eigenvalue weighted by molar-refractivity contribution is -0.142. The minimum atomic E-state index is -0.935. The summed E-state index contributed by atoms with van der Waals surface area (Å²) in [7, 11) is 3.38. The van der Waals surface area contributed by atoms with Gasteiger partial charge in [0.2, 0.25) is 0 Å². The maximum absolute atomic E-state index is 12.4. The number of rotatable bonds is 3. The van der Waals surface area contributed by atoms with E-state index in [0.717, 1.165) is 4.47 Å². The number of carboxylic acid groups (broad SMARTS) is 1. The molecule has 0 radical (unpaired) electrons. The summed E-state index contributed by atoms with van der Waals surface area (Å²) in [6, 6.07) is 1.28. The van der Waals surface area contributed by atoms with E-state index in [4.69, 9.17) is 9.84 Å². The number of hydrogen-bond donors (Lipinski definition) is 1. The fourth-order valence-corrected chi connectivity index (χ4v) is 2.75. The molecule has 0 aliphatic carbocycles. The van der Waals surface area contributed by atoms with E-state index in [1.807, 2.05) is 0 Å². The largest absolute Gasteiger partial charge is 0.481 e. The van der Waals surface area contributed by atoms with Crippen molar-refractivity contribution >= 4 is 27.8 Å². The van der Waals surface area contributed by atoms with Gasteiger partial charge in [-0.05, 0) is 22.0 Å².